The van der Waals surface area contributed by atoms with Crippen molar-refractivity contribution in [1.82, 2.24) is 15.2 Å². The van der Waals surface area contributed by atoms with Gasteiger partial charge in [-0.25, -0.2) is 0 Å². The standard InChI is InChI=1S/C18H25N3O3/c1-2-12-5-6-19-16(7-12)18(24)20-14-8-15(9-14)21(11-17(22)23)10-13-3-4-13/h5-7,13-15H,2-4,8-11H2,1H3,(H,20,24)(H,22,23). The molecular weight excluding hydrogens is 306 g/mol. The van der Waals surface area contributed by atoms with E-state index >= 15 is 0 Å². The molecule has 2 aliphatic carbocycles. The van der Waals surface area contributed by atoms with E-state index in [0.717, 1.165) is 31.4 Å². The molecule has 1 amide bonds. The molecule has 24 heavy (non-hydrogen) atoms. The summed E-state index contributed by atoms with van der Waals surface area (Å²) in [5.74, 6) is -0.247. The predicted molar refractivity (Wildman–Crippen MR) is 89.8 cm³/mol. The minimum atomic E-state index is -0.774. The van der Waals surface area contributed by atoms with E-state index in [2.05, 4.69) is 15.2 Å². The first-order chi connectivity index (χ1) is 11.5. The number of nitrogens with zero attached hydrogens (tertiary/aromatic N) is 2. The lowest BCUT2D eigenvalue weighted by molar-refractivity contribution is -0.139. The molecular formula is C18H25N3O3. The second-order valence-electron chi connectivity index (χ2n) is 6.97. The van der Waals surface area contributed by atoms with Gasteiger partial charge in [0, 0.05) is 24.8 Å². The number of hydrogen-bond donors (Lipinski definition) is 2. The van der Waals surface area contributed by atoms with Crippen molar-refractivity contribution in [2.24, 2.45) is 5.92 Å². The summed E-state index contributed by atoms with van der Waals surface area (Å²) >= 11 is 0. The van der Waals surface area contributed by atoms with Gasteiger partial charge in [-0.05, 0) is 55.7 Å². The summed E-state index contributed by atoms with van der Waals surface area (Å²) < 4.78 is 0. The SMILES string of the molecule is CCc1ccnc(C(=O)NC2CC(N(CC(=O)O)CC3CC3)C2)c1. The van der Waals surface area contributed by atoms with Crippen LogP contribution in [0.2, 0.25) is 0 Å². The first-order valence-electron chi connectivity index (χ1n) is 8.76. The molecule has 1 aromatic rings. The van der Waals surface area contributed by atoms with E-state index in [1.807, 2.05) is 19.1 Å². The number of carbonyl (C=O) groups is 2. The van der Waals surface area contributed by atoms with Gasteiger partial charge < -0.3 is 10.4 Å². The number of amides is 1. The van der Waals surface area contributed by atoms with Crippen LogP contribution in [0.1, 0.15) is 48.7 Å². The average Bonchev–Trinajstić information content (AvgIpc) is 3.33. The monoisotopic (exact) mass is 331 g/mol. The molecule has 0 spiro atoms. The Labute approximate surface area is 142 Å². The molecule has 130 valence electrons. The molecule has 3 rings (SSSR count). The minimum absolute atomic E-state index is 0.0991. The first kappa shape index (κ1) is 16.9. The van der Waals surface area contributed by atoms with E-state index < -0.39 is 5.97 Å². The van der Waals surface area contributed by atoms with E-state index in [1.165, 1.54) is 12.8 Å². The van der Waals surface area contributed by atoms with Crippen LogP contribution < -0.4 is 5.32 Å². The number of carboxylic acids is 1. The van der Waals surface area contributed by atoms with Gasteiger partial charge in [0.2, 0.25) is 0 Å². The fraction of sp³-hybridized carbons (Fsp3) is 0.611. The second kappa shape index (κ2) is 7.30. The van der Waals surface area contributed by atoms with Crippen LogP contribution in [-0.4, -0.2) is 52.0 Å². The zero-order chi connectivity index (χ0) is 17.1. The summed E-state index contributed by atoms with van der Waals surface area (Å²) in [6.45, 7) is 3.02. The van der Waals surface area contributed by atoms with Crippen molar-refractivity contribution in [2.45, 2.75) is 51.1 Å². The molecule has 1 heterocycles. The molecule has 0 aromatic carbocycles. The van der Waals surface area contributed by atoms with Crippen molar-refractivity contribution in [3.63, 3.8) is 0 Å². The zero-order valence-corrected chi connectivity index (χ0v) is 14.1. The Hall–Kier alpha value is -1.95. The largest absolute Gasteiger partial charge is 0.480 e. The number of aromatic nitrogens is 1. The summed E-state index contributed by atoms with van der Waals surface area (Å²) in [5, 5.41) is 12.1. The van der Waals surface area contributed by atoms with Gasteiger partial charge in [-0.15, -0.1) is 0 Å². The van der Waals surface area contributed by atoms with Gasteiger partial charge in [0.25, 0.3) is 5.91 Å². The third-order valence-corrected chi connectivity index (χ3v) is 4.96. The molecule has 0 radical (unpaired) electrons. The molecule has 1 aromatic heterocycles. The Morgan fingerprint density at radius 2 is 2.12 bits per heavy atom. The lowest BCUT2D eigenvalue weighted by Crippen LogP contribution is -2.55. The fourth-order valence-corrected chi connectivity index (χ4v) is 3.23. The Morgan fingerprint density at radius 3 is 2.75 bits per heavy atom. The topological polar surface area (TPSA) is 82.5 Å². The highest BCUT2D eigenvalue weighted by Crippen LogP contribution is 2.33. The zero-order valence-electron chi connectivity index (χ0n) is 14.1. The average molecular weight is 331 g/mol. The van der Waals surface area contributed by atoms with Crippen LogP contribution in [0.25, 0.3) is 0 Å². The smallest absolute Gasteiger partial charge is 0.317 e. The van der Waals surface area contributed by atoms with Crippen LogP contribution in [0.3, 0.4) is 0 Å². The van der Waals surface area contributed by atoms with Gasteiger partial charge in [0.15, 0.2) is 0 Å². The van der Waals surface area contributed by atoms with Crippen molar-refractivity contribution in [3.8, 4) is 0 Å². The maximum Gasteiger partial charge on any atom is 0.317 e. The lowest BCUT2D eigenvalue weighted by Gasteiger charge is -2.42. The summed E-state index contributed by atoms with van der Waals surface area (Å²) in [6.07, 6.45) is 6.60. The number of hydrogen-bond acceptors (Lipinski definition) is 4. The molecule has 0 saturated heterocycles. The second-order valence-corrected chi connectivity index (χ2v) is 6.97. The molecule has 0 aliphatic heterocycles. The highest BCUT2D eigenvalue weighted by Gasteiger charge is 2.37. The molecule has 2 fully saturated rings. The summed E-state index contributed by atoms with van der Waals surface area (Å²) in [5.41, 5.74) is 1.55. The number of pyridine rings is 1. The molecule has 0 atom stereocenters. The van der Waals surface area contributed by atoms with Gasteiger partial charge in [0.05, 0.1) is 6.54 Å². The van der Waals surface area contributed by atoms with Crippen molar-refractivity contribution in [3.05, 3.63) is 29.6 Å². The third kappa shape index (κ3) is 4.32. The molecule has 6 heteroatoms. The molecule has 0 unspecified atom stereocenters. The van der Waals surface area contributed by atoms with E-state index in [4.69, 9.17) is 5.11 Å². The number of aliphatic carboxylic acids is 1. The molecule has 0 bridgehead atoms. The molecule has 2 saturated carbocycles. The van der Waals surface area contributed by atoms with Crippen LogP contribution in [0.4, 0.5) is 0 Å². The quantitative estimate of drug-likeness (QED) is 0.758. The molecule has 2 N–H and O–H groups in total. The Balaban J connectivity index is 1.49. The maximum atomic E-state index is 12.3. The normalized spacial score (nSPS) is 22.9. The van der Waals surface area contributed by atoms with Gasteiger partial charge in [0.1, 0.15) is 5.69 Å². The van der Waals surface area contributed by atoms with Crippen molar-refractivity contribution < 1.29 is 14.7 Å². The van der Waals surface area contributed by atoms with Gasteiger partial charge >= 0.3 is 5.97 Å². The summed E-state index contributed by atoms with van der Waals surface area (Å²) in [7, 11) is 0. The van der Waals surface area contributed by atoms with E-state index in [0.29, 0.717) is 11.6 Å². The minimum Gasteiger partial charge on any atom is -0.480 e. The van der Waals surface area contributed by atoms with E-state index in [9.17, 15) is 9.59 Å². The van der Waals surface area contributed by atoms with Gasteiger partial charge in [-0.1, -0.05) is 6.92 Å². The predicted octanol–water partition coefficient (Wildman–Crippen LogP) is 1.70. The van der Waals surface area contributed by atoms with Crippen LogP contribution in [0.5, 0.6) is 0 Å². The molecule has 2 aliphatic rings. The van der Waals surface area contributed by atoms with Crippen LogP contribution in [0.15, 0.2) is 18.3 Å². The Morgan fingerprint density at radius 1 is 1.38 bits per heavy atom. The van der Waals surface area contributed by atoms with Crippen LogP contribution >= 0.6 is 0 Å². The van der Waals surface area contributed by atoms with E-state index in [1.54, 1.807) is 6.20 Å². The maximum absolute atomic E-state index is 12.3. The van der Waals surface area contributed by atoms with Gasteiger partial charge in [-0.3, -0.25) is 19.5 Å². The number of rotatable bonds is 8. The Bertz CT molecular complexity index is 609. The number of nitrogens with one attached hydrogen (secondary N) is 1. The van der Waals surface area contributed by atoms with Crippen molar-refractivity contribution >= 4 is 11.9 Å². The number of carboxylic acid groups (broad SMARTS) is 1. The van der Waals surface area contributed by atoms with Crippen LogP contribution in [0, 0.1) is 5.92 Å². The lowest BCUT2D eigenvalue weighted by atomic mass is 9.85. The third-order valence-electron chi connectivity index (χ3n) is 4.96. The molecule has 6 nitrogen and oxygen atoms in total. The van der Waals surface area contributed by atoms with Gasteiger partial charge in [-0.2, -0.15) is 0 Å². The fourth-order valence-electron chi connectivity index (χ4n) is 3.23. The first-order valence-corrected chi connectivity index (χ1v) is 8.76. The van der Waals surface area contributed by atoms with Crippen molar-refractivity contribution in [2.75, 3.05) is 13.1 Å². The highest BCUT2D eigenvalue weighted by atomic mass is 16.4. The Kier molecular flexibility index (Phi) is 5.14. The van der Waals surface area contributed by atoms with Crippen molar-refractivity contribution in [1.29, 1.82) is 0 Å². The van der Waals surface area contributed by atoms with Crippen LogP contribution in [-0.2, 0) is 11.2 Å². The highest BCUT2D eigenvalue weighted by molar-refractivity contribution is 5.92. The number of carbonyl (C=O) groups excluding carboxylic acids is 1. The number of aryl methyl sites for hydroxylation is 1. The van der Waals surface area contributed by atoms with E-state index in [-0.39, 0.29) is 24.5 Å². The summed E-state index contributed by atoms with van der Waals surface area (Å²) in [6, 6.07) is 4.12. The summed E-state index contributed by atoms with van der Waals surface area (Å²) in [4.78, 5) is 29.5.